The molecule has 1 heterocycles. The van der Waals surface area contributed by atoms with E-state index in [1.54, 1.807) is 0 Å². The van der Waals surface area contributed by atoms with E-state index in [1.165, 1.54) is 177 Å². The van der Waals surface area contributed by atoms with Crippen LogP contribution in [0.5, 0.6) is 0 Å². The molecule has 0 saturated carbocycles. The number of aromatic nitrogens is 2. The van der Waals surface area contributed by atoms with Crippen LogP contribution >= 0.6 is 0 Å². The average molecular weight is 670 g/mol. The smallest absolute Gasteiger partial charge is 0.234 e. The van der Waals surface area contributed by atoms with Gasteiger partial charge in [-0.05, 0) is 42.7 Å². The molecule has 0 radical (unpaired) electrons. The molecule has 49 heavy (non-hydrogen) atoms. The number of rotatable bonds is 31. The Hall–Kier alpha value is -2.35. The van der Waals surface area contributed by atoms with Gasteiger partial charge in [0.15, 0.2) is 0 Å². The van der Waals surface area contributed by atoms with Crippen molar-refractivity contribution in [2.45, 2.75) is 207 Å². The molecule has 3 rings (SSSR count). The summed E-state index contributed by atoms with van der Waals surface area (Å²) in [5.41, 5.74) is 4.42. The highest BCUT2D eigenvalue weighted by Gasteiger charge is 2.25. The van der Waals surface area contributed by atoms with Gasteiger partial charge in [-0.25, -0.2) is 9.13 Å². The second kappa shape index (κ2) is 27.4. The maximum Gasteiger partial charge on any atom is 0.261 e. The van der Waals surface area contributed by atoms with Crippen LogP contribution in [0.3, 0.4) is 0 Å². The third kappa shape index (κ3) is 17.9. The fraction of sp³-hybridized carbons (Fsp3) is 0.681. The zero-order valence-electron chi connectivity index (χ0n) is 32.6. The summed E-state index contributed by atoms with van der Waals surface area (Å²) in [5, 5.41) is 0. The normalized spacial score (nSPS) is 12.1. The summed E-state index contributed by atoms with van der Waals surface area (Å²) >= 11 is 0. The van der Waals surface area contributed by atoms with Crippen molar-refractivity contribution in [3.8, 4) is 0 Å². The molecule has 2 aromatic carbocycles. The molecule has 2 nitrogen and oxygen atoms in total. The lowest BCUT2D eigenvalue weighted by Crippen LogP contribution is -2.41. The molecule has 0 amide bonds. The minimum absolute atomic E-state index is 0.516. The Kier molecular flexibility index (Phi) is 23.0. The Morgan fingerprint density at radius 1 is 0.510 bits per heavy atom. The van der Waals surface area contributed by atoms with Crippen molar-refractivity contribution >= 4 is 0 Å². The SMILES string of the molecule is CCCCCCCCCCCCCCCCCn1cc(CC(C)c2ccccc2)[n+](CCCCCCCCCCC)c1Cc1ccccc1. The zero-order valence-corrected chi connectivity index (χ0v) is 32.6. The first-order valence-electron chi connectivity index (χ1n) is 21.4. The van der Waals surface area contributed by atoms with Gasteiger partial charge in [-0.1, -0.05) is 210 Å². The van der Waals surface area contributed by atoms with Gasteiger partial charge in [-0.15, -0.1) is 0 Å². The van der Waals surface area contributed by atoms with E-state index < -0.39 is 0 Å². The molecule has 274 valence electrons. The highest BCUT2D eigenvalue weighted by molar-refractivity contribution is 5.21. The van der Waals surface area contributed by atoms with E-state index in [9.17, 15) is 0 Å². The average Bonchev–Trinajstić information content (AvgIpc) is 3.44. The van der Waals surface area contributed by atoms with E-state index in [0.29, 0.717) is 5.92 Å². The van der Waals surface area contributed by atoms with Gasteiger partial charge in [0.1, 0.15) is 11.9 Å². The quantitative estimate of drug-likeness (QED) is 0.0476. The Labute approximate surface area is 304 Å². The number of nitrogens with zero attached hydrogens (tertiary/aromatic N) is 2. The van der Waals surface area contributed by atoms with Crippen LogP contribution < -0.4 is 4.57 Å². The van der Waals surface area contributed by atoms with Crippen molar-refractivity contribution in [3.63, 3.8) is 0 Å². The molecule has 0 saturated heterocycles. The molecular formula is C47H77N2+. The summed E-state index contributed by atoms with van der Waals surface area (Å²) in [5.74, 6) is 2.04. The van der Waals surface area contributed by atoms with Crippen LogP contribution in [-0.4, -0.2) is 4.57 Å². The molecule has 2 heteroatoms. The lowest BCUT2D eigenvalue weighted by Gasteiger charge is -2.12. The summed E-state index contributed by atoms with van der Waals surface area (Å²) in [6.45, 7) is 9.34. The third-order valence-electron chi connectivity index (χ3n) is 10.9. The molecule has 1 aromatic heterocycles. The molecule has 1 atom stereocenters. The van der Waals surface area contributed by atoms with Crippen LogP contribution in [0.4, 0.5) is 0 Å². The van der Waals surface area contributed by atoms with Crippen LogP contribution in [0.25, 0.3) is 0 Å². The first-order chi connectivity index (χ1) is 24.2. The Balaban J connectivity index is 1.54. The standard InChI is InChI=1S/C47H77N2/c1-4-6-8-10-12-14-15-16-17-18-19-21-22-24-32-38-48-42-46(40-43(3)45-36-30-27-31-37-45)49(47(48)41-44-34-28-26-29-35-44)39-33-25-23-20-13-11-9-7-5-2/h26-31,34-37,42-43H,4-25,32-33,38-41H2,1-3H3/q+1. The first-order valence-corrected chi connectivity index (χ1v) is 21.4. The van der Waals surface area contributed by atoms with Crippen molar-refractivity contribution in [2.24, 2.45) is 0 Å². The monoisotopic (exact) mass is 670 g/mol. The predicted octanol–water partition coefficient (Wildman–Crippen LogP) is 14.1. The fourth-order valence-electron chi connectivity index (χ4n) is 7.70. The summed E-state index contributed by atoms with van der Waals surface area (Å²) in [4.78, 5) is 0. The summed E-state index contributed by atoms with van der Waals surface area (Å²) in [6, 6.07) is 22.4. The maximum absolute atomic E-state index is 2.75. The summed E-state index contributed by atoms with van der Waals surface area (Å²) in [7, 11) is 0. The van der Waals surface area contributed by atoms with E-state index >= 15 is 0 Å². The number of benzene rings is 2. The topological polar surface area (TPSA) is 8.81 Å². The highest BCUT2D eigenvalue weighted by Crippen LogP contribution is 2.22. The number of imidazole rings is 1. The van der Waals surface area contributed by atoms with Gasteiger partial charge in [0.05, 0.1) is 19.5 Å². The van der Waals surface area contributed by atoms with E-state index in [1.807, 2.05) is 0 Å². The molecule has 0 aliphatic rings. The van der Waals surface area contributed by atoms with E-state index in [-0.39, 0.29) is 0 Å². The lowest BCUT2D eigenvalue weighted by atomic mass is 9.96. The fourth-order valence-corrected chi connectivity index (χ4v) is 7.70. The van der Waals surface area contributed by atoms with E-state index in [2.05, 4.69) is 96.8 Å². The zero-order chi connectivity index (χ0) is 34.6. The second-order valence-corrected chi connectivity index (χ2v) is 15.3. The van der Waals surface area contributed by atoms with Crippen molar-refractivity contribution < 1.29 is 4.57 Å². The van der Waals surface area contributed by atoms with Gasteiger partial charge in [0.25, 0.3) is 5.82 Å². The van der Waals surface area contributed by atoms with Crippen LogP contribution in [0.1, 0.15) is 203 Å². The molecule has 3 aromatic rings. The van der Waals surface area contributed by atoms with Crippen LogP contribution in [0.2, 0.25) is 0 Å². The van der Waals surface area contributed by atoms with Crippen molar-refractivity contribution in [1.29, 1.82) is 0 Å². The molecule has 0 N–H and O–H groups in total. The van der Waals surface area contributed by atoms with Crippen LogP contribution in [0.15, 0.2) is 66.9 Å². The van der Waals surface area contributed by atoms with Gasteiger partial charge in [-0.3, -0.25) is 0 Å². The summed E-state index contributed by atoms with van der Waals surface area (Å²) < 4.78 is 5.41. The molecule has 0 bridgehead atoms. The number of hydrogen-bond acceptors (Lipinski definition) is 0. The molecule has 1 unspecified atom stereocenters. The van der Waals surface area contributed by atoms with Crippen molar-refractivity contribution in [3.05, 3.63) is 89.5 Å². The number of unbranched alkanes of at least 4 members (excludes halogenated alkanes) is 22. The molecular weight excluding hydrogens is 593 g/mol. The lowest BCUT2D eigenvalue weighted by molar-refractivity contribution is -0.710. The van der Waals surface area contributed by atoms with Gasteiger partial charge in [-0.2, -0.15) is 0 Å². The number of aryl methyl sites for hydroxylation is 1. The number of hydrogen-bond donors (Lipinski definition) is 0. The largest absolute Gasteiger partial charge is 0.261 e. The van der Waals surface area contributed by atoms with Gasteiger partial charge in [0, 0.05) is 6.42 Å². The Bertz CT molecular complexity index is 1160. The molecule has 0 aliphatic heterocycles. The Morgan fingerprint density at radius 2 is 0.939 bits per heavy atom. The van der Waals surface area contributed by atoms with Gasteiger partial charge in [0.2, 0.25) is 0 Å². The minimum atomic E-state index is 0.516. The predicted molar refractivity (Wildman–Crippen MR) is 215 cm³/mol. The van der Waals surface area contributed by atoms with Crippen molar-refractivity contribution in [2.75, 3.05) is 0 Å². The van der Waals surface area contributed by atoms with E-state index in [4.69, 9.17) is 0 Å². The molecule has 0 fully saturated rings. The van der Waals surface area contributed by atoms with Crippen LogP contribution in [-0.2, 0) is 25.9 Å². The van der Waals surface area contributed by atoms with E-state index in [0.717, 1.165) is 25.9 Å². The molecule has 0 aliphatic carbocycles. The van der Waals surface area contributed by atoms with Gasteiger partial charge >= 0.3 is 0 Å². The second-order valence-electron chi connectivity index (χ2n) is 15.3. The first kappa shape index (κ1) is 41.1. The van der Waals surface area contributed by atoms with Crippen LogP contribution in [0, 0.1) is 0 Å². The summed E-state index contributed by atoms with van der Waals surface area (Å²) in [6.07, 6.45) is 38.4. The van der Waals surface area contributed by atoms with Crippen molar-refractivity contribution in [1.82, 2.24) is 4.57 Å². The highest BCUT2D eigenvalue weighted by atomic mass is 15.2. The third-order valence-corrected chi connectivity index (χ3v) is 10.9. The maximum atomic E-state index is 2.75. The van der Waals surface area contributed by atoms with Gasteiger partial charge < -0.3 is 0 Å². The molecule has 0 spiro atoms. The minimum Gasteiger partial charge on any atom is -0.234 e. The Morgan fingerprint density at radius 3 is 1.43 bits per heavy atom.